The van der Waals surface area contributed by atoms with Crippen LogP contribution in [0.4, 0.5) is 0 Å². The van der Waals surface area contributed by atoms with E-state index in [0.717, 1.165) is 5.69 Å². The van der Waals surface area contributed by atoms with Crippen LogP contribution in [0, 0.1) is 0 Å². The molecule has 0 atom stereocenters. The van der Waals surface area contributed by atoms with E-state index in [1.165, 1.54) is 11.3 Å². The van der Waals surface area contributed by atoms with Gasteiger partial charge in [-0.3, -0.25) is 0 Å². The molecular weight excluding hydrogens is 178 g/mol. The fourth-order valence-electron chi connectivity index (χ4n) is 1.00. The molecule has 1 aromatic heterocycles. The molecule has 0 spiro atoms. The van der Waals surface area contributed by atoms with Crippen molar-refractivity contribution in [2.24, 2.45) is 0 Å². The van der Waals surface area contributed by atoms with Crippen molar-refractivity contribution >= 4 is 11.3 Å². The van der Waals surface area contributed by atoms with Crippen LogP contribution in [0.25, 0.3) is 0 Å². The molecule has 0 unspecified atom stereocenters. The quantitative estimate of drug-likeness (QED) is 0.697. The Balaban J connectivity index is 2.11. The van der Waals surface area contributed by atoms with Gasteiger partial charge in [0.05, 0.1) is 20.3 Å². The summed E-state index contributed by atoms with van der Waals surface area (Å²) >= 11 is 1.44. The highest BCUT2D eigenvalue weighted by molar-refractivity contribution is 7.11. The molecule has 1 aromatic rings. The second-order valence-corrected chi connectivity index (χ2v) is 3.14. The van der Waals surface area contributed by atoms with E-state index in [1.807, 2.05) is 5.38 Å². The van der Waals surface area contributed by atoms with E-state index < -0.39 is 0 Å². The molecule has 0 radical (unpaired) electrons. The van der Waals surface area contributed by atoms with Gasteiger partial charge in [-0.05, 0) is 0 Å². The summed E-state index contributed by atoms with van der Waals surface area (Å²) in [7, 11) is 1.60. The SMILES string of the molecule is COc1nc(C2OCCO2)cs1. The molecule has 5 heteroatoms. The van der Waals surface area contributed by atoms with Crippen LogP contribution in [-0.2, 0) is 9.47 Å². The van der Waals surface area contributed by atoms with Gasteiger partial charge in [0.15, 0.2) is 0 Å². The maximum atomic E-state index is 5.26. The highest BCUT2D eigenvalue weighted by atomic mass is 32.1. The maximum absolute atomic E-state index is 5.26. The second kappa shape index (κ2) is 3.38. The molecule has 1 saturated heterocycles. The number of methoxy groups -OCH3 is 1. The molecule has 4 nitrogen and oxygen atoms in total. The van der Waals surface area contributed by atoms with Crippen molar-refractivity contribution in [2.75, 3.05) is 20.3 Å². The monoisotopic (exact) mass is 187 g/mol. The number of hydrogen-bond donors (Lipinski definition) is 0. The highest BCUT2D eigenvalue weighted by Crippen LogP contribution is 2.27. The van der Waals surface area contributed by atoms with E-state index in [0.29, 0.717) is 18.4 Å². The van der Waals surface area contributed by atoms with Crippen LogP contribution in [0.1, 0.15) is 12.0 Å². The lowest BCUT2D eigenvalue weighted by molar-refractivity contribution is -0.0470. The zero-order valence-corrected chi connectivity index (χ0v) is 7.47. The van der Waals surface area contributed by atoms with E-state index in [2.05, 4.69) is 4.98 Å². The molecule has 0 amide bonds. The summed E-state index contributed by atoms with van der Waals surface area (Å²) in [5.74, 6) is 0. The van der Waals surface area contributed by atoms with Gasteiger partial charge in [-0.2, -0.15) is 0 Å². The molecule has 0 bridgehead atoms. The van der Waals surface area contributed by atoms with Crippen LogP contribution in [0.2, 0.25) is 0 Å². The summed E-state index contributed by atoms with van der Waals surface area (Å²) in [6, 6.07) is 0. The first-order valence-electron chi connectivity index (χ1n) is 3.63. The number of thiazole rings is 1. The number of aromatic nitrogens is 1. The number of ether oxygens (including phenoxy) is 3. The topological polar surface area (TPSA) is 40.6 Å². The van der Waals surface area contributed by atoms with E-state index in [4.69, 9.17) is 14.2 Å². The van der Waals surface area contributed by atoms with Crippen LogP contribution in [0.5, 0.6) is 5.19 Å². The van der Waals surface area contributed by atoms with Crippen molar-refractivity contribution in [3.63, 3.8) is 0 Å². The average Bonchev–Trinajstić information content (AvgIpc) is 2.75. The van der Waals surface area contributed by atoms with Gasteiger partial charge in [0.25, 0.3) is 5.19 Å². The third-order valence-corrected chi connectivity index (χ3v) is 2.36. The molecule has 1 aliphatic heterocycles. The molecule has 0 saturated carbocycles. The first kappa shape index (κ1) is 7.97. The minimum absolute atomic E-state index is 0.287. The summed E-state index contributed by atoms with van der Waals surface area (Å²) in [5.41, 5.74) is 0.800. The third-order valence-electron chi connectivity index (χ3n) is 1.54. The van der Waals surface area contributed by atoms with Crippen LogP contribution in [-0.4, -0.2) is 25.3 Å². The standard InChI is InChI=1S/C7H9NO3S/c1-9-7-8-5(4-12-7)6-10-2-3-11-6/h4,6H,2-3H2,1H3. The van der Waals surface area contributed by atoms with E-state index in [9.17, 15) is 0 Å². The van der Waals surface area contributed by atoms with Gasteiger partial charge in [-0.15, -0.1) is 0 Å². The molecule has 1 aliphatic rings. The molecule has 0 N–H and O–H groups in total. The molecule has 66 valence electrons. The molecule has 2 rings (SSSR count). The molecule has 12 heavy (non-hydrogen) atoms. The fourth-order valence-corrected chi connectivity index (χ4v) is 1.64. The Morgan fingerprint density at radius 1 is 1.58 bits per heavy atom. The Morgan fingerprint density at radius 2 is 2.33 bits per heavy atom. The summed E-state index contributed by atoms with van der Waals surface area (Å²) in [5, 5.41) is 2.53. The van der Waals surface area contributed by atoms with Crippen molar-refractivity contribution < 1.29 is 14.2 Å². The number of rotatable bonds is 2. The molecular formula is C7H9NO3S. The van der Waals surface area contributed by atoms with Gasteiger partial charge in [-0.25, -0.2) is 4.98 Å². The summed E-state index contributed by atoms with van der Waals surface area (Å²) in [4.78, 5) is 4.16. The lowest BCUT2D eigenvalue weighted by atomic mass is 10.5. The van der Waals surface area contributed by atoms with Crippen LogP contribution < -0.4 is 4.74 Å². The van der Waals surface area contributed by atoms with Crippen molar-refractivity contribution in [2.45, 2.75) is 6.29 Å². The summed E-state index contributed by atoms with van der Waals surface area (Å²) in [6.07, 6.45) is -0.287. The second-order valence-electron chi connectivity index (χ2n) is 2.32. The van der Waals surface area contributed by atoms with Gasteiger partial charge >= 0.3 is 0 Å². The smallest absolute Gasteiger partial charge is 0.273 e. The van der Waals surface area contributed by atoms with Crippen LogP contribution >= 0.6 is 11.3 Å². The molecule has 0 aromatic carbocycles. The van der Waals surface area contributed by atoms with Crippen molar-refractivity contribution in [3.8, 4) is 5.19 Å². The summed E-state index contributed by atoms with van der Waals surface area (Å²) in [6.45, 7) is 1.29. The van der Waals surface area contributed by atoms with E-state index in [1.54, 1.807) is 7.11 Å². The largest absolute Gasteiger partial charge is 0.473 e. The first-order valence-corrected chi connectivity index (χ1v) is 4.51. The fraction of sp³-hybridized carbons (Fsp3) is 0.571. The molecule has 1 fully saturated rings. The predicted molar refractivity (Wildman–Crippen MR) is 43.3 cm³/mol. The van der Waals surface area contributed by atoms with Crippen molar-refractivity contribution in [3.05, 3.63) is 11.1 Å². The van der Waals surface area contributed by atoms with E-state index >= 15 is 0 Å². The van der Waals surface area contributed by atoms with Gasteiger partial charge < -0.3 is 14.2 Å². The Labute approximate surface area is 74.1 Å². The third kappa shape index (κ3) is 1.43. The van der Waals surface area contributed by atoms with Crippen LogP contribution in [0.3, 0.4) is 0 Å². The lowest BCUT2D eigenvalue weighted by Gasteiger charge is -2.03. The Morgan fingerprint density at radius 3 is 2.92 bits per heavy atom. The Kier molecular flexibility index (Phi) is 2.25. The molecule has 2 heterocycles. The van der Waals surface area contributed by atoms with Gasteiger partial charge in [0.1, 0.15) is 5.69 Å². The lowest BCUT2D eigenvalue weighted by Crippen LogP contribution is -1.97. The minimum Gasteiger partial charge on any atom is -0.473 e. The average molecular weight is 187 g/mol. The zero-order chi connectivity index (χ0) is 8.39. The van der Waals surface area contributed by atoms with Gasteiger partial charge in [0.2, 0.25) is 6.29 Å². The number of hydrogen-bond acceptors (Lipinski definition) is 5. The molecule has 0 aliphatic carbocycles. The van der Waals surface area contributed by atoms with E-state index in [-0.39, 0.29) is 6.29 Å². The zero-order valence-electron chi connectivity index (χ0n) is 6.65. The van der Waals surface area contributed by atoms with Crippen LogP contribution in [0.15, 0.2) is 5.38 Å². The van der Waals surface area contributed by atoms with Gasteiger partial charge in [0, 0.05) is 5.38 Å². The summed E-state index contributed by atoms with van der Waals surface area (Å²) < 4.78 is 15.5. The minimum atomic E-state index is -0.287. The highest BCUT2D eigenvalue weighted by Gasteiger charge is 2.21. The first-order chi connectivity index (χ1) is 5.90. The van der Waals surface area contributed by atoms with Crippen molar-refractivity contribution in [1.82, 2.24) is 4.98 Å². The Hall–Kier alpha value is -0.650. The van der Waals surface area contributed by atoms with Crippen molar-refractivity contribution in [1.29, 1.82) is 0 Å². The maximum Gasteiger partial charge on any atom is 0.273 e. The number of nitrogens with zero attached hydrogens (tertiary/aromatic N) is 1. The Bertz CT molecular complexity index is 257. The van der Waals surface area contributed by atoms with Gasteiger partial charge in [-0.1, -0.05) is 11.3 Å². The normalized spacial score (nSPS) is 18.4. The predicted octanol–water partition coefficient (Wildman–Crippen LogP) is 1.20.